The van der Waals surface area contributed by atoms with Gasteiger partial charge in [-0.1, -0.05) is 29.8 Å². The lowest BCUT2D eigenvalue weighted by atomic mass is 9.90. The third kappa shape index (κ3) is 1.78. The Balaban J connectivity index is 1.84. The first kappa shape index (κ1) is 11.7. The highest BCUT2D eigenvalue weighted by Crippen LogP contribution is 2.55. The van der Waals surface area contributed by atoms with E-state index in [0.717, 1.165) is 0 Å². The van der Waals surface area contributed by atoms with Gasteiger partial charge in [-0.25, -0.2) is 0 Å². The van der Waals surface area contributed by atoms with E-state index < -0.39 is 0 Å². The Morgan fingerprint density at radius 2 is 2.11 bits per heavy atom. The van der Waals surface area contributed by atoms with Crippen molar-refractivity contribution in [3.05, 3.63) is 46.3 Å². The van der Waals surface area contributed by atoms with E-state index in [9.17, 15) is 0 Å². The normalized spacial score (nSPS) is 23.4. The van der Waals surface area contributed by atoms with Crippen molar-refractivity contribution < 1.29 is 0 Å². The maximum absolute atomic E-state index is 3.68. The molecule has 0 radical (unpaired) electrons. The molecule has 4 rings (SSSR count). The maximum Gasteiger partial charge on any atom is 0.0389 e. The lowest BCUT2D eigenvalue weighted by Gasteiger charge is -2.27. The first-order valence-corrected chi connectivity index (χ1v) is 7.94. The van der Waals surface area contributed by atoms with Crippen LogP contribution in [0.2, 0.25) is 0 Å². The van der Waals surface area contributed by atoms with Gasteiger partial charge in [0.05, 0.1) is 0 Å². The molecule has 0 bridgehead atoms. The summed E-state index contributed by atoms with van der Waals surface area (Å²) in [4.78, 5) is 3.01. The summed E-state index contributed by atoms with van der Waals surface area (Å²) in [6.07, 6.45) is 2.73. The molecule has 1 aromatic heterocycles. The molecule has 19 heavy (non-hydrogen) atoms. The Bertz CT molecular complexity index is 636. The van der Waals surface area contributed by atoms with Gasteiger partial charge in [-0.15, -0.1) is 11.3 Å². The molecule has 1 unspecified atom stereocenters. The smallest absolute Gasteiger partial charge is 0.0389 e. The fourth-order valence-electron chi connectivity index (χ4n) is 3.22. The summed E-state index contributed by atoms with van der Waals surface area (Å²) in [5.41, 5.74) is 4.85. The molecule has 0 amide bonds. The van der Waals surface area contributed by atoms with Crippen molar-refractivity contribution in [1.82, 2.24) is 5.32 Å². The highest BCUT2D eigenvalue weighted by atomic mass is 32.1. The molecule has 1 fully saturated rings. The van der Waals surface area contributed by atoms with Crippen LogP contribution in [0.15, 0.2) is 30.3 Å². The largest absolute Gasteiger partial charge is 0.309 e. The molecule has 2 heteroatoms. The third-order valence-electron chi connectivity index (χ3n) is 4.63. The van der Waals surface area contributed by atoms with Gasteiger partial charge in [-0.2, -0.15) is 0 Å². The van der Waals surface area contributed by atoms with E-state index in [1.165, 1.54) is 35.4 Å². The second kappa shape index (κ2) is 3.94. The summed E-state index contributed by atoms with van der Waals surface area (Å²) >= 11 is 1.99. The molecule has 2 aliphatic rings. The van der Waals surface area contributed by atoms with Crippen molar-refractivity contribution >= 4 is 11.3 Å². The van der Waals surface area contributed by atoms with Crippen LogP contribution < -0.4 is 5.32 Å². The molecule has 2 aromatic rings. The molecule has 1 nitrogen and oxygen atoms in total. The van der Waals surface area contributed by atoms with Gasteiger partial charge in [0.1, 0.15) is 0 Å². The van der Waals surface area contributed by atoms with Crippen LogP contribution in [0.1, 0.15) is 41.8 Å². The number of nitrogens with one attached hydrogen (secondary N) is 1. The number of rotatable bonds is 1. The number of benzene rings is 1. The summed E-state index contributed by atoms with van der Waals surface area (Å²) in [6, 6.07) is 11.9. The van der Waals surface area contributed by atoms with Gasteiger partial charge in [0.25, 0.3) is 0 Å². The average molecular weight is 269 g/mol. The molecular weight excluding hydrogens is 250 g/mol. The lowest BCUT2D eigenvalue weighted by molar-refractivity contribution is 0.475. The lowest BCUT2D eigenvalue weighted by Crippen LogP contribution is -2.34. The molecule has 1 aromatic carbocycles. The van der Waals surface area contributed by atoms with E-state index >= 15 is 0 Å². The van der Waals surface area contributed by atoms with Gasteiger partial charge >= 0.3 is 0 Å². The maximum atomic E-state index is 3.68. The summed E-state index contributed by atoms with van der Waals surface area (Å²) in [7, 11) is 0. The summed E-state index contributed by atoms with van der Waals surface area (Å²) in [5, 5.41) is 3.68. The van der Waals surface area contributed by atoms with Gasteiger partial charge in [0, 0.05) is 27.8 Å². The van der Waals surface area contributed by atoms with Crippen LogP contribution in [-0.2, 0) is 5.41 Å². The summed E-state index contributed by atoms with van der Waals surface area (Å²) in [5.74, 6) is 0. The average Bonchev–Trinajstić information content (AvgIpc) is 3.02. The van der Waals surface area contributed by atoms with E-state index in [0.29, 0.717) is 11.5 Å². The Kier molecular flexibility index (Phi) is 2.42. The quantitative estimate of drug-likeness (QED) is 0.808. The van der Waals surface area contributed by atoms with Crippen LogP contribution in [0.4, 0.5) is 0 Å². The molecule has 1 N–H and O–H groups in total. The van der Waals surface area contributed by atoms with Crippen molar-refractivity contribution in [1.29, 1.82) is 0 Å². The molecule has 98 valence electrons. The molecule has 1 aliphatic carbocycles. The second-order valence-electron chi connectivity index (χ2n) is 6.14. The minimum atomic E-state index is 0.487. The van der Waals surface area contributed by atoms with Crippen molar-refractivity contribution in [2.75, 3.05) is 6.54 Å². The minimum Gasteiger partial charge on any atom is -0.309 e. The van der Waals surface area contributed by atoms with E-state index in [2.05, 4.69) is 49.5 Å². The Hall–Kier alpha value is -1.12. The second-order valence-corrected chi connectivity index (χ2v) is 7.22. The van der Waals surface area contributed by atoms with Gasteiger partial charge in [0.15, 0.2) is 0 Å². The molecule has 1 saturated carbocycles. The van der Waals surface area contributed by atoms with Gasteiger partial charge in [0.2, 0.25) is 0 Å². The van der Waals surface area contributed by atoms with Gasteiger partial charge in [-0.3, -0.25) is 0 Å². The summed E-state index contributed by atoms with van der Waals surface area (Å²) in [6.45, 7) is 5.64. The molecule has 2 heterocycles. The fourth-order valence-corrected chi connectivity index (χ4v) is 4.52. The molecular formula is C17H19NS. The number of hydrogen-bond acceptors (Lipinski definition) is 2. The Morgan fingerprint density at radius 3 is 2.84 bits per heavy atom. The van der Waals surface area contributed by atoms with Crippen LogP contribution in [0.3, 0.4) is 0 Å². The van der Waals surface area contributed by atoms with Crippen LogP contribution in [0, 0.1) is 6.92 Å². The zero-order valence-corrected chi connectivity index (χ0v) is 12.3. The van der Waals surface area contributed by atoms with E-state index in [4.69, 9.17) is 0 Å². The predicted molar refractivity (Wildman–Crippen MR) is 81.8 cm³/mol. The zero-order chi connectivity index (χ0) is 13.0. The standard InChI is InChI=1S/C17H19NS/c1-11-4-3-5-13(8-11)15-9-14-16(19-15)12(2)18-10-17(14)6-7-17/h3-5,8-9,12,18H,6-7,10H2,1-2H3. The molecule has 1 aliphatic heterocycles. The third-order valence-corrected chi connectivity index (χ3v) is 6.00. The molecule has 0 saturated heterocycles. The van der Waals surface area contributed by atoms with Crippen LogP contribution in [0.5, 0.6) is 0 Å². The van der Waals surface area contributed by atoms with Gasteiger partial charge in [-0.05, 0) is 43.9 Å². The SMILES string of the molecule is Cc1cccc(-c2cc3c(s2)C(C)NCC32CC2)c1. The zero-order valence-electron chi connectivity index (χ0n) is 11.5. The topological polar surface area (TPSA) is 12.0 Å². The van der Waals surface area contributed by atoms with E-state index in [1.54, 1.807) is 10.4 Å². The van der Waals surface area contributed by atoms with Crippen LogP contribution in [0.25, 0.3) is 10.4 Å². The number of hydrogen-bond donors (Lipinski definition) is 1. The monoisotopic (exact) mass is 269 g/mol. The van der Waals surface area contributed by atoms with Crippen molar-refractivity contribution in [2.45, 2.75) is 38.1 Å². The van der Waals surface area contributed by atoms with E-state index in [1.807, 2.05) is 11.3 Å². The van der Waals surface area contributed by atoms with Crippen molar-refractivity contribution in [2.24, 2.45) is 0 Å². The number of thiophene rings is 1. The van der Waals surface area contributed by atoms with E-state index in [-0.39, 0.29) is 0 Å². The molecule has 1 spiro atoms. The first-order chi connectivity index (χ1) is 9.18. The Morgan fingerprint density at radius 1 is 1.26 bits per heavy atom. The fraction of sp³-hybridized carbons (Fsp3) is 0.412. The highest BCUT2D eigenvalue weighted by Gasteiger charge is 2.49. The summed E-state index contributed by atoms with van der Waals surface area (Å²) < 4.78 is 0. The van der Waals surface area contributed by atoms with Crippen molar-refractivity contribution in [3.8, 4) is 10.4 Å². The predicted octanol–water partition coefficient (Wildman–Crippen LogP) is 4.42. The van der Waals surface area contributed by atoms with Crippen molar-refractivity contribution in [3.63, 3.8) is 0 Å². The highest BCUT2D eigenvalue weighted by molar-refractivity contribution is 7.15. The first-order valence-electron chi connectivity index (χ1n) is 7.13. The van der Waals surface area contributed by atoms with Crippen LogP contribution in [-0.4, -0.2) is 6.54 Å². The van der Waals surface area contributed by atoms with Gasteiger partial charge < -0.3 is 5.32 Å². The van der Waals surface area contributed by atoms with Crippen LogP contribution >= 0.6 is 11.3 Å². The minimum absolute atomic E-state index is 0.487. The number of fused-ring (bicyclic) bond motifs is 2. The molecule has 1 atom stereocenters. The Labute approximate surface area is 118 Å². The number of aryl methyl sites for hydroxylation is 1.